The molecule has 2 fully saturated rings. The van der Waals surface area contributed by atoms with Crippen molar-refractivity contribution in [2.45, 2.75) is 24.2 Å². The van der Waals surface area contributed by atoms with E-state index in [-0.39, 0.29) is 5.92 Å². The molecule has 25 heavy (non-hydrogen) atoms. The maximum atomic E-state index is 12.3. The van der Waals surface area contributed by atoms with E-state index in [0.717, 1.165) is 54.4 Å². The van der Waals surface area contributed by atoms with Gasteiger partial charge in [0.2, 0.25) is 5.91 Å². The van der Waals surface area contributed by atoms with E-state index in [1.54, 1.807) is 18.2 Å². The van der Waals surface area contributed by atoms with Gasteiger partial charge in [-0.05, 0) is 31.0 Å². The number of thiazole rings is 1. The van der Waals surface area contributed by atoms with Crippen molar-refractivity contribution in [2.24, 2.45) is 5.92 Å². The highest BCUT2D eigenvalue weighted by molar-refractivity contribution is 7.90. The number of carbonyl (C=O) groups excluding carboxylic acids is 1. The van der Waals surface area contributed by atoms with Crippen LogP contribution in [0.2, 0.25) is 0 Å². The second-order valence-corrected chi connectivity index (χ2v) is 9.86. The molecule has 6 nitrogen and oxygen atoms in total. The van der Waals surface area contributed by atoms with Crippen LogP contribution in [0.3, 0.4) is 0 Å². The van der Waals surface area contributed by atoms with Gasteiger partial charge in [-0.1, -0.05) is 17.8 Å². The fraction of sp³-hybridized carbons (Fsp3) is 0.529. The number of rotatable bonds is 3. The Morgan fingerprint density at radius 2 is 1.92 bits per heavy atom. The molecule has 0 radical (unpaired) electrons. The summed E-state index contributed by atoms with van der Waals surface area (Å²) in [6.45, 7) is 3.02. The molecule has 2 heterocycles. The lowest BCUT2D eigenvalue weighted by atomic mass is 9.84. The number of sulfone groups is 1. The molecule has 0 atom stereocenters. The summed E-state index contributed by atoms with van der Waals surface area (Å²) in [5.74, 6) is 0.566. The topological polar surface area (TPSA) is 70.6 Å². The number of nitrogens with zero attached hydrogens (tertiary/aromatic N) is 3. The minimum Gasteiger partial charge on any atom is -0.345 e. The second kappa shape index (κ2) is 6.25. The smallest absolute Gasteiger partial charge is 0.225 e. The van der Waals surface area contributed by atoms with Crippen LogP contribution in [0.25, 0.3) is 10.2 Å². The monoisotopic (exact) mass is 379 g/mol. The molecule has 4 rings (SSSR count). The molecule has 0 N–H and O–H groups in total. The third kappa shape index (κ3) is 3.25. The van der Waals surface area contributed by atoms with Crippen LogP contribution in [0.1, 0.15) is 19.3 Å². The molecule has 1 aromatic carbocycles. The zero-order chi connectivity index (χ0) is 17.6. The van der Waals surface area contributed by atoms with Crippen LogP contribution >= 0.6 is 11.3 Å². The number of anilines is 1. The number of piperazine rings is 1. The minimum absolute atomic E-state index is 0.253. The molecule has 2 aliphatic rings. The minimum atomic E-state index is -3.21. The van der Waals surface area contributed by atoms with Crippen molar-refractivity contribution < 1.29 is 13.2 Å². The summed E-state index contributed by atoms with van der Waals surface area (Å²) in [4.78, 5) is 21.5. The molecule has 1 saturated carbocycles. The highest BCUT2D eigenvalue weighted by Gasteiger charge is 2.31. The molecule has 1 amide bonds. The molecule has 0 unspecified atom stereocenters. The maximum Gasteiger partial charge on any atom is 0.225 e. The zero-order valence-electron chi connectivity index (χ0n) is 14.1. The highest BCUT2D eigenvalue weighted by atomic mass is 32.2. The van der Waals surface area contributed by atoms with Gasteiger partial charge in [-0.3, -0.25) is 4.79 Å². The lowest BCUT2D eigenvalue weighted by Crippen LogP contribution is -2.51. The Morgan fingerprint density at radius 1 is 1.20 bits per heavy atom. The first-order valence-electron chi connectivity index (χ1n) is 8.56. The fourth-order valence-corrected chi connectivity index (χ4v) is 5.07. The maximum absolute atomic E-state index is 12.3. The predicted octanol–water partition coefficient (Wildman–Crippen LogP) is 2.15. The van der Waals surface area contributed by atoms with Crippen LogP contribution in [0.4, 0.5) is 5.13 Å². The number of amides is 1. The molecular weight excluding hydrogens is 358 g/mol. The van der Waals surface area contributed by atoms with Crippen molar-refractivity contribution in [3.05, 3.63) is 18.2 Å². The summed E-state index contributed by atoms with van der Waals surface area (Å²) in [5.41, 5.74) is 0.820. The number of hydrogen-bond acceptors (Lipinski definition) is 6. The van der Waals surface area contributed by atoms with Gasteiger partial charge in [0.25, 0.3) is 0 Å². The summed E-state index contributed by atoms with van der Waals surface area (Å²) >= 11 is 1.51. The Balaban J connectivity index is 1.48. The van der Waals surface area contributed by atoms with Crippen LogP contribution in [0.5, 0.6) is 0 Å². The summed E-state index contributed by atoms with van der Waals surface area (Å²) in [7, 11) is -3.21. The molecule has 1 aliphatic heterocycles. The van der Waals surface area contributed by atoms with Crippen molar-refractivity contribution >= 4 is 42.4 Å². The van der Waals surface area contributed by atoms with Gasteiger partial charge < -0.3 is 9.80 Å². The summed E-state index contributed by atoms with van der Waals surface area (Å²) in [6, 6.07) is 5.07. The number of aromatic nitrogens is 1. The van der Waals surface area contributed by atoms with Gasteiger partial charge in [-0.25, -0.2) is 13.4 Å². The van der Waals surface area contributed by atoms with Gasteiger partial charge in [-0.2, -0.15) is 0 Å². The first-order chi connectivity index (χ1) is 11.9. The molecule has 1 aliphatic carbocycles. The van der Waals surface area contributed by atoms with Gasteiger partial charge in [0.1, 0.15) is 0 Å². The van der Waals surface area contributed by atoms with Crippen molar-refractivity contribution in [3.63, 3.8) is 0 Å². The average Bonchev–Trinajstić information content (AvgIpc) is 2.95. The highest BCUT2D eigenvalue weighted by Crippen LogP contribution is 2.32. The number of fused-ring (bicyclic) bond motifs is 1. The van der Waals surface area contributed by atoms with E-state index in [9.17, 15) is 13.2 Å². The quantitative estimate of drug-likeness (QED) is 0.817. The molecule has 1 saturated heterocycles. The van der Waals surface area contributed by atoms with Crippen molar-refractivity contribution in [2.75, 3.05) is 37.3 Å². The Morgan fingerprint density at radius 3 is 2.52 bits per heavy atom. The molecule has 2 aromatic rings. The van der Waals surface area contributed by atoms with Crippen LogP contribution < -0.4 is 4.90 Å². The normalized spacial score (nSPS) is 19.2. The number of benzene rings is 1. The standard InChI is InChI=1S/C17H21N3O3S2/c1-25(22,23)13-5-6-14-15(11-13)24-17(18-14)20-9-7-19(8-10-20)16(21)12-3-2-4-12/h5-6,11-12H,2-4,7-10H2,1H3. The number of hydrogen-bond donors (Lipinski definition) is 0. The first-order valence-corrected chi connectivity index (χ1v) is 11.3. The van der Waals surface area contributed by atoms with Gasteiger partial charge in [0, 0.05) is 38.4 Å². The Labute approximate surface area is 151 Å². The van der Waals surface area contributed by atoms with Crippen molar-refractivity contribution in [1.82, 2.24) is 9.88 Å². The molecule has 0 bridgehead atoms. The van der Waals surface area contributed by atoms with E-state index in [0.29, 0.717) is 10.8 Å². The van der Waals surface area contributed by atoms with Gasteiger partial charge in [-0.15, -0.1) is 0 Å². The molecular formula is C17H21N3O3S2. The fourth-order valence-electron chi connectivity index (χ4n) is 3.29. The van der Waals surface area contributed by atoms with Crippen LogP contribution in [0, 0.1) is 5.92 Å². The Kier molecular flexibility index (Phi) is 4.19. The predicted molar refractivity (Wildman–Crippen MR) is 98.9 cm³/mol. The summed E-state index contributed by atoms with van der Waals surface area (Å²) in [6.07, 6.45) is 4.48. The van der Waals surface area contributed by atoms with E-state index in [4.69, 9.17) is 0 Å². The lowest BCUT2D eigenvalue weighted by Gasteiger charge is -2.38. The SMILES string of the molecule is CS(=O)(=O)c1ccc2nc(N3CCN(C(=O)C4CCC4)CC3)sc2c1. The van der Waals surface area contributed by atoms with E-state index in [2.05, 4.69) is 9.88 Å². The van der Waals surface area contributed by atoms with E-state index >= 15 is 0 Å². The molecule has 1 aromatic heterocycles. The Bertz CT molecular complexity index is 910. The number of carbonyl (C=O) groups is 1. The summed E-state index contributed by atoms with van der Waals surface area (Å²) < 4.78 is 24.3. The average molecular weight is 380 g/mol. The third-order valence-electron chi connectivity index (χ3n) is 5.09. The van der Waals surface area contributed by atoms with Gasteiger partial charge in [0.05, 0.1) is 15.1 Å². The summed E-state index contributed by atoms with van der Waals surface area (Å²) in [5, 5.41) is 0.899. The van der Waals surface area contributed by atoms with Crippen molar-refractivity contribution in [3.8, 4) is 0 Å². The van der Waals surface area contributed by atoms with E-state index < -0.39 is 9.84 Å². The third-order valence-corrected chi connectivity index (χ3v) is 7.28. The van der Waals surface area contributed by atoms with Crippen molar-refractivity contribution in [1.29, 1.82) is 0 Å². The molecule has 134 valence electrons. The van der Waals surface area contributed by atoms with E-state index in [1.807, 2.05) is 4.90 Å². The Hall–Kier alpha value is -1.67. The first kappa shape index (κ1) is 16.8. The largest absolute Gasteiger partial charge is 0.345 e. The van der Waals surface area contributed by atoms with Crippen LogP contribution in [0.15, 0.2) is 23.1 Å². The van der Waals surface area contributed by atoms with Crippen LogP contribution in [-0.4, -0.2) is 56.6 Å². The van der Waals surface area contributed by atoms with Gasteiger partial charge in [0.15, 0.2) is 15.0 Å². The zero-order valence-corrected chi connectivity index (χ0v) is 15.8. The molecule has 0 spiro atoms. The molecule has 8 heteroatoms. The second-order valence-electron chi connectivity index (χ2n) is 6.84. The van der Waals surface area contributed by atoms with Crippen LogP contribution in [-0.2, 0) is 14.6 Å². The van der Waals surface area contributed by atoms with E-state index in [1.165, 1.54) is 24.0 Å². The van der Waals surface area contributed by atoms with Gasteiger partial charge >= 0.3 is 0 Å². The lowest BCUT2D eigenvalue weighted by molar-refractivity contribution is -0.138.